The van der Waals surface area contributed by atoms with E-state index in [1.807, 2.05) is 10.6 Å². The van der Waals surface area contributed by atoms with Gasteiger partial charge in [0.2, 0.25) is 0 Å². The van der Waals surface area contributed by atoms with Crippen molar-refractivity contribution in [1.29, 1.82) is 0 Å². The minimum absolute atomic E-state index is 0.106. The monoisotopic (exact) mass is 661 g/mol. The van der Waals surface area contributed by atoms with Gasteiger partial charge in [0.25, 0.3) is 11.5 Å². The van der Waals surface area contributed by atoms with Crippen LogP contribution >= 0.6 is 0 Å². The number of pyridine rings is 1. The molecule has 1 aliphatic rings. The van der Waals surface area contributed by atoms with Crippen molar-refractivity contribution in [2.75, 3.05) is 5.32 Å². The van der Waals surface area contributed by atoms with Crippen LogP contribution in [0.5, 0.6) is 0 Å². The molecule has 16 heteroatoms. The molecule has 0 spiro atoms. The summed E-state index contributed by atoms with van der Waals surface area (Å²) in [6.07, 6.45) is -9.71. The molecule has 2 atom stereocenters. The zero-order valence-electron chi connectivity index (χ0n) is 24.4. The number of halogens is 8. The number of nitrogens with one attached hydrogen (secondary N) is 2. The molecule has 3 aromatic rings. The molecule has 2 heterocycles. The summed E-state index contributed by atoms with van der Waals surface area (Å²) in [5.74, 6) is -6.19. The fourth-order valence-corrected chi connectivity index (χ4v) is 5.33. The summed E-state index contributed by atoms with van der Waals surface area (Å²) in [4.78, 5) is 37.9. The molecule has 1 aromatic heterocycles. The van der Waals surface area contributed by atoms with Gasteiger partial charge in [-0.25, -0.2) is 13.6 Å². The van der Waals surface area contributed by atoms with Crippen LogP contribution in [0, 0.1) is 18.6 Å². The molecule has 4 rings (SSSR count). The molecule has 0 fully saturated rings. The lowest BCUT2D eigenvalue weighted by atomic mass is 9.89. The van der Waals surface area contributed by atoms with Gasteiger partial charge >= 0.3 is 18.3 Å². The van der Waals surface area contributed by atoms with E-state index in [1.54, 1.807) is 0 Å². The maximum absolute atomic E-state index is 14.8. The van der Waals surface area contributed by atoms with Gasteiger partial charge in [-0.15, -0.1) is 0 Å². The van der Waals surface area contributed by atoms with Gasteiger partial charge in [-0.3, -0.25) is 9.59 Å². The number of aryl methyl sites for hydroxylation is 1. The van der Waals surface area contributed by atoms with Crippen molar-refractivity contribution in [2.24, 2.45) is 7.05 Å². The fraction of sp³-hybridized carbons (Fsp3) is 0.367. The van der Waals surface area contributed by atoms with Gasteiger partial charge in [0.05, 0.1) is 24.3 Å². The zero-order chi connectivity index (χ0) is 34.3. The Bertz CT molecular complexity index is 1730. The number of aromatic nitrogens is 1. The molecule has 2 aromatic carbocycles. The third-order valence-electron chi connectivity index (χ3n) is 7.67. The summed E-state index contributed by atoms with van der Waals surface area (Å²) in [6, 6.07) is -0.256. The molecule has 0 aliphatic carbocycles. The Kier molecular flexibility index (Phi) is 9.52. The topological polar surface area (TPSA) is 110 Å². The number of amides is 1. The number of benzene rings is 2. The number of carbonyl (C=O) groups is 2. The Hall–Kier alpha value is -4.47. The summed E-state index contributed by atoms with van der Waals surface area (Å²) in [6.45, 7) is 2.14. The van der Waals surface area contributed by atoms with E-state index in [4.69, 9.17) is 4.74 Å². The Morgan fingerprint density at radius 3 is 2.20 bits per heavy atom. The van der Waals surface area contributed by atoms with Gasteiger partial charge in [0, 0.05) is 25.4 Å². The molecule has 8 nitrogen and oxygen atoms in total. The van der Waals surface area contributed by atoms with Gasteiger partial charge in [-0.05, 0) is 53.3 Å². The van der Waals surface area contributed by atoms with Crippen LogP contribution in [0.4, 0.5) is 40.8 Å². The molecule has 3 N–H and O–H groups in total. The van der Waals surface area contributed by atoms with E-state index in [2.05, 4.69) is 0 Å². The maximum Gasteiger partial charge on any atom is 0.418 e. The Labute approximate surface area is 256 Å². The number of hydrogen-bond donors (Lipinski definition) is 3. The zero-order valence-corrected chi connectivity index (χ0v) is 24.4. The lowest BCUT2D eigenvalue weighted by Crippen LogP contribution is -2.43. The molecule has 0 saturated carbocycles. The number of carboxylic acids is 1. The summed E-state index contributed by atoms with van der Waals surface area (Å²) in [5.41, 5.74) is -2.99. The number of carboxylic acid groups (broad SMARTS) is 1. The van der Waals surface area contributed by atoms with Crippen molar-refractivity contribution in [1.82, 2.24) is 9.88 Å². The third-order valence-corrected chi connectivity index (χ3v) is 7.67. The summed E-state index contributed by atoms with van der Waals surface area (Å²) >= 11 is 0. The quantitative estimate of drug-likeness (QED) is 0.248. The van der Waals surface area contributed by atoms with Crippen molar-refractivity contribution < 1.29 is 54.6 Å². The van der Waals surface area contributed by atoms with Crippen LogP contribution in [-0.2, 0) is 42.4 Å². The first-order valence-electron chi connectivity index (χ1n) is 13.7. The van der Waals surface area contributed by atoms with Crippen LogP contribution in [0.2, 0.25) is 0 Å². The Morgan fingerprint density at radius 1 is 1.04 bits per heavy atom. The number of hydrogen-bond acceptors (Lipinski definition) is 5. The van der Waals surface area contributed by atoms with Crippen LogP contribution < -0.4 is 16.2 Å². The molecule has 1 amide bonds. The van der Waals surface area contributed by atoms with Crippen LogP contribution in [0.15, 0.2) is 35.3 Å². The second-order valence-corrected chi connectivity index (χ2v) is 10.7. The van der Waals surface area contributed by atoms with Crippen molar-refractivity contribution >= 4 is 17.6 Å². The minimum atomic E-state index is -4.76. The lowest BCUT2D eigenvalue weighted by Gasteiger charge is -2.22. The second kappa shape index (κ2) is 12.7. The molecule has 0 radical (unpaired) electrons. The Balaban J connectivity index is 1.65. The van der Waals surface area contributed by atoms with Gasteiger partial charge in [0.15, 0.2) is 0 Å². The first kappa shape index (κ1) is 34.4. The van der Waals surface area contributed by atoms with E-state index in [9.17, 15) is 54.6 Å². The van der Waals surface area contributed by atoms with Gasteiger partial charge in [-0.2, -0.15) is 26.3 Å². The normalized spacial score (nSPS) is 14.5. The number of ether oxygens (including phenoxy) is 1. The van der Waals surface area contributed by atoms with Crippen LogP contribution in [-0.4, -0.2) is 39.8 Å². The number of aliphatic carboxylic acids is 1. The number of carbonyl (C=O) groups excluding carboxylic acids is 1. The molecule has 0 saturated heterocycles. The Morgan fingerprint density at radius 2 is 1.65 bits per heavy atom. The van der Waals surface area contributed by atoms with Gasteiger partial charge in [-0.1, -0.05) is 19.1 Å². The number of alkyl halides is 6. The highest BCUT2D eigenvalue weighted by atomic mass is 19.4. The third kappa shape index (κ3) is 6.85. The van der Waals surface area contributed by atoms with E-state index in [0.717, 1.165) is 11.5 Å². The molecule has 248 valence electrons. The van der Waals surface area contributed by atoms with Crippen molar-refractivity contribution in [3.05, 3.63) is 85.8 Å². The summed E-state index contributed by atoms with van der Waals surface area (Å²) < 4.78 is 116. The molecular formula is C30H27F8N3O5. The molecule has 0 bridgehead atoms. The van der Waals surface area contributed by atoms with Gasteiger partial charge < -0.3 is 25.0 Å². The predicted molar refractivity (Wildman–Crippen MR) is 148 cm³/mol. The van der Waals surface area contributed by atoms with E-state index >= 15 is 0 Å². The number of nitrogens with zero attached hydrogens (tertiary/aromatic N) is 1. The second-order valence-electron chi connectivity index (χ2n) is 10.7. The van der Waals surface area contributed by atoms with Crippen LogP contribution in [0.25, 0.3) is 11.1 Å². The smallest absolute Gasteiger partial charge is 0.418 e. The van der Waals surface area contributed by atoms with E-state index in [0.29, 0.717) is 29.5 Å². The average molecular weight is 662 g/mol. The average Bonchev–Trinajstić information content (AvgIpc) is 3.43. The predicted octanol–water partition coefficient (Wildman–Crippen LogP) is 5.87. The van der Waals surface area contributed by atoms with Crippen LogP contribution in [0.3, 0.4) is 0 Å². The van der Waals surface area contributed by atoms with Crippen molar-refractivity contribution in [3.8, 4) is 11.1 Å². The van der Waals surface area contributed by atoms with Gasteiger partial charge in [0.1, 0.15) is 29.3 Å². The first-order valence-corrected chi connectivity index (χ1v) is 13.7. The lowest BCUT2D eigenvalue weighted by molar-refractivity contribution is -0.143. The number of anilines is 1. The standard InChI is InChI=1S/C30H27F8N3O5/c1-4-23(30(36,37)38)39-15-8-20(31)25(21(32)9-15)26(42)40-22(28(44)45)7-14-5-6-16(18-12-46-11-17(14)18)24-13(2)19(29(33,34)35)10-41(3)27(24)43/h5-6,8-10,22-23,39H,4,7,11-12H2,1-3H3,(H,40,42)(H,44,45)/t22-,23+/m0/s1. The SMILES string of the molecule is CC[C@@H](Nc1cc(F)c(C(=O)N[C@@H](Cc2ccc(-c3c(C)c(C(F)(F)F)cn(C)c3=O)c3c2COC3)C(=O)O)c(F)c1)C(F)(F)F. The number of rotatable bonds is 9. The van der Waals surface area contributed by atoms with Crippen LogP contribution in [0.1, 0.15) is 51.5 Å². The summed E-state index contributed by atoms with van der Waals surface area (Å²) in [5, 5.41) is 13.8. The molecule has 46 heavy (non-hydrogen) atoms. The van der Waals surface area contributed by atoms with E-state index in [-0.39, 0.29) is 35.5 Å². The molecule has 0 unspecified atom stereocenters. The first-order chi connectivity index (χ1) is 21.3. The summed E-state index contributed by atoms with van der Waals surface area (Å²) in [7, 11) is 1.17. The highest BCUT2D eigenvalue weighted by Gasteiger charge is 2.39. The largest absolute Gasteiger partial charge is 0.480 e. The molecule has 1 aliphatic heterocycles. The fourth-order valence-electron chi connectivity index (χ4n) is 5.33. The highest BCUT2D eigenvalue weighted by Crippen LogP contribution is 2.38. The van der Waals surface area contributed by atoms with Crippen molar-refractivity contribution in [3.63, 3.8) is 0 Å². The van der Waals surface area contributed by atoms with E-state index in [1.165, 1.54) is 26.1 Å². The number of fused-ring (bicyclic) bond motifs is 1. The highest BCUT2D eigenvalue weighted by molar-refractivity contribution is 5.97. The van der Waals surface area contributed by atoms with Crippen molar-refractivity contribution in [2.45, 2.75) is 64.3 Å². The van der Waals surface area contributed by atoms with E-state index < -0.39 is 83.2 Å². The maximum atomic E-state index is 14.8. The molecular weight excluding hydrogens is 634 g/mol. The minimum Gasteiger partial charge on any atom is -0.480 e.